The van der Waals surface area contributed by atoms with Crippen molar-refractivity contribution in [3.05, 3.63) is 108 Å². The van der Waals surface area contributed by atoms with E-state index in [0.29, 0.717) is 45.2 Å². The monoisotopic (exact) mass is 689 g/mol. The van der Waals surface area contributed by atoms with Crippen LogP contribution in [0.5, 0.6) is 11.5 Å². The first kappa shape index (κ1) is 27.8. The van der Waals surface area contributed by atoms with Crippen LogP contribution < -0.4 is 9.47 Å². The molecule has 1 aliphatic heterocycles. The second kappa shape index (κ2) is 12.2. The molecule has 0 unspecified atom stereocenters. The Balaban J connectivity index is 1.38. The van der Waals surface area contributed by atoms with Gasteiger partial charge in [0.15, 0.2) is 11.5 Å². The first-order valence-electron chi connectivity index (χ1n) is 12.1. The third-order valence-corrected chi connectivity index (χ3v) is 8.39. The van der Waals surface area contributed by atoms with Crippen LogP contribution in [-0.4, -0.2) is 22.7 Å². The van der Waals surface area contributed by atoms with E-state index in [4.69, 9.17) is 32.7 Å². The summed E-state index contributed by atoms with van der Waals surface area (Å²) in [5.41, 5.74) is 2.45. The van der Waals surface area contributed by atoms with Gasteiger partial charge in [-0.15, -0.1) is 0 Å². The lowest BCUT2D eigenvalue weighted by atomic mass is 10.1. The highest BCUT2D eigenvalue weighted by Gasteiger charge is 2.35. The minimum atomic E-state index is -0.375. The molecule has 0 aromatic heterocycles. The SMILES string of the molecule is CCOc1cc(/C=C2\SC(=O)N(Cc3ccc(Cl)cc3Cl)C2=O)cc(I)c1OCc1cccc2ccccc12. The van der Waals surface area contributed by atoms with E-state index in [-0.39, 0.29) is 17.7 Å². The molecule has 0 bridgehead atoms. The number of thioether (sulfide) groups is 1. The Morgan fingerprint density at radius 1 is 0.949 bits per heavy atom. The molecule has 9 heteroatoms. The molecule has 2 amide bonds. The van der Waals surface area contributed by atoms with Gasteiger partial charge in [0.25, 0.3) is 11.1 Å². The van der Waals surface area contributed by atoms with Crippen LogP contribution in [-0.2, 0) is 17.9 Å². The highest BCUT2D eigenvalue weighted by Crippen LogP contribution is 2.39. The molecular formula is C30H22Cl2INO4S. The lowest BCUT2D eigenvalue weighted by Crippen LogP contribution is -2.27. The topological polar surface area (TPSA) is 55.8 Å². The number of halogens is 3. The highest BCUT2D eigenvalue weighted by atomic mass is 127. The van der Waals surface area contributed by atoms with E-state index in [1.807, 2.05) is 37.3 Å². The molecule has 0 radical (unpaired) electrons. The number of ether oxygens (including phenoxy) is 2. The fourth-order valence-corrected chi connectivity index (χ4v) is 6.34. The van der Waals surface area contributed by atoms with Crippen LogP contribution in [0, 0.1) is 3.57 Å². The Kier molecular flexibility index (Phi) is 8.71. The molecule has 0 saturated carbocycles. The number of imide groups is 1. The van der Waals surface area contributed by atoms with Gasteiger partial charge in [-0.3, -0.25) is 14.5 Å². The summed E-state index contributed by atoms with van der Waals surface area (Å²) in [5.74, 6) is 0.830. The smallest absolute Gasteiger partial charge is 0.293 e. The lowest BCUT2D eigenvalue weighted by Gasteiger charge is -2.16. The number of amides is 2. The van der Waals surface area contributed by atoms with Crippen LogP contribution in [0.15, 0.2) is 77.7 Å². The van der Waals surface area contributed by atoms with E-state index in [0.717, 1.165) is 37.2 Å². The first-order valence-corrected chi connectivity index (χ1v) is 14.7. The molecule has 1 fully saturated rings. The van der Waals surface area contributed by atoms with Gasteiger partial charge in [0.2, 0.25) is 0 Å². The van der Waals surface area contributed by atoms with E-state index in [1.165, 1.54) is 4.90 Å². The van der Waals surface area contributed by atoms with Gasteiger partial charge in [0.1, 0.15) is 6.61 Å². The van der Waals surface area contributed by atoms with Crippen LogP contribution in [0.4, 0.5) is 4.79 Å². The Hall–Kier alpha value is -2.72. The largest absolute Gasteiger partial charge is 0.490 e. The molecule has 4 aromatic carbocycles. The van der Waals surface area contributed by atoms with Crippen molar-refractivity contribution in [1.29, 1.82) is 0 Å². The maximum atomic E-state index is 13.1. The number of fused-ring (bicyclic) bond motifs is 1. The number of rotatable bonds is 8. The molecule has 198 valence electrons. The molecule has 5 rings (SSSR count). The summed E-state index contributed by atoms with van der Waals surface area (Å²) in [6, 6.07) is 23.1. The number of benzene rings is 4. The number of hydrogen-bond donors (Lipinski definition) is 0. The summed E-state index contributed by atoms with van der Waals surface area (Å²) < 4.78 is 13.0. The van der Waals surface area contributed by atoms with E-state index in [2.05, 4.69) is 46.9 Å². The Bertz CT molecular complexity index is 1620. The van der Waals surface area contributed by atoms with Crippen molar-refractivity contribution in [3.63, 3.8) is 0 Å². The van der Waals surface area contributed by atoms with E-state index in [9.17, 15) is 9.59 Å². The number of carbonyl (C=O) groups excluding carboxylic acids is 2. The van der Waals surface area contributed by atoms with Gasteiger partial charge in [-0.2, -0.15) is 0 Å². The zero-order valence-electron chi connectivity index (χ0n) is 20.7. The van der Waals surface area contributed by atoms with E-state index in [1.54, 1.807) is 24.3 Å². The van der Waals surface area contributed by atoms with Crippen molar-refractivity contribution in [2.45, 2.75) is 20.1 Å². The predicted molar refractivity (Wildman–Crippen MR) is 167 cm³/mol. The van der Waals surface area contributed by atoms with Gasteiger partial charge in [0.05, 0.1) is 21.6 Å². The van der Waals surface area contributed by atoms with Crippen molar-refractivity contribution in [1.82, 2.24) is 4.90 Å². The molecule has 1 heterocycles. The summed E-state index contributed by atoms with van der Waals surface area (Å²) in [7, 11) is 0. The number of nitrogens with zero attached hydrogens (tertiary/aromatic N) is 1. The summed E-state index contributed by atoms with van der Waals surface area (Å²) in [6.45, 7) is 2.80. The van der Waals surface area contributed by atoms with Gasteiger partial charge in [-0.1, -0.05) is 71.7 Å². The third-order valence-electron chi connectivity index (χ3n) is 6.10. The van der Waals surface area contributed by atoms with Gasteiger partial charge in [-0.25, -0.2) is 0 Å². The molecular weight excluding hydrogens is 668 g/mol. The quantitative estimate of drug-likeness (QED) is 0.137. The molecule has 4 aromatic rings. The molecule has 0 aliphatic carbocycles. The average molecular weight is 690 g/mol. The van der Waals surface area contributed by atoms with Gasteiger partial charge in [0, 0.05) is 10.0 Å². The molecule has 1 aliphatic rings. The highest BCUT2D eigenvalue weighted by molar-refractivity contribution is 14.1. The maximum absolute atomic E-state index is 13.1. The summed E-state index contributed by atoms with van der Waals surface area (Å²) in [6.07, 6.45) is 1.70. The number of hydrogen-bond acceptors (Lipinski definition) is 5. The first-order chi connectivity index (χ1) is 18.8. The second-order valence-electron chi connectivity index (χ2n) is 8.69. The van der Waals surface area contributed by atoms with Crippen LogP contribution in [0.25, 0.3) is 16.8 Å². The normalized spacial score (nSPS) is 14.5. The fraction of sp³-hybridized carbons (Fsp3) is 0.133. The van der Waals surface area contributed by atoms with Gasteiger partial charge >= 0.3 is 0 Å². The van der Waals surface area contributed by atoms with Crippen molar-refractivity contribution >= 4 is 85.5 Å². The molecule has 0 atom stereocenters. The average Bonchev–Trinajstić information content (AvgIpc) is 3.17. The van der Waals surface area contributed by atoms with E-state index < -0.39 is 0 Å². The maximum Gasteiger partial charge on any atom is 0.293 e. The minimum Gasteiger partial charge on any atom is -0.490 e. The molecule has 0 spiro atoms. The Labute approximate surface area is 254 Å². The van der Waals surface area contributed by atoms with Crippen molar-refractivity contribution in [2.75, 3.05) is 6.61 Å². The predicted octanol–water partition coefficient (Wildman–Crippen LogP) is 8.97. The van der Waals surface area contributed by atoms with Crippen molar-refractivity contribution in [3.8, 4) is 11.5 Å². The van der Waals surface area contributed by atoms with Crippen LogP contribution in [0.3, 0.4) is 0 Å². The van der Waals surface area contributed by atoms with Crippen molar-refractivity contribution in [2.24, 2.45) is 0 Å². The van der Waals surface area contributed by atoms with Crippen LogP contribution in [0.2, 0.25) is 10.0 Å². The molecule has 39 heavy (non-hydrogen) atoms. The van der Waals surface area contributed by atoms with Gasteiger partial charge in [-0.05, 0) is 99.1 Å². The zero-order valence-corrected chi connectivity index (χ0v) is 25.2. The summed E-state index contributed by atoms with van der Waals surface area (Å²) in [5, 5.41) is 2.83. The minimum absolute atomic E-state index is 0.0701. The molecule has 5 nitrogen and oxygen atoms in total. The molecule has 0 N–H and O–H groups in total. The summed E-state index contributed by atoms with van der Waals surface area (Å²) in [4.78, 5) is 27.3. The zero-order chi connectivity index (χ0) is 27.5. The van der Waals surface area contributed by atoms with Crippen LogP contribution >= 0.6 is 57.6 Å². The lowest BCUT2D eigenvalue weighted by molar-refractivity contribution is -0.123. The van der Waals surface area contributed by atoms with Crippen LogP contribution in [0.1, 0.15) is 23.6 Å². The Morgan fingerprint density at radius 3 is 2.54 bits per heavy atom. The summed E-state index contributed by atoms with van der Waals surface area (Å²) >= 11 is 15.3. The third kappa shape index (κ3) is 6.22. The number of carbonyl (C=O) groups is 2. The van der Waals surface area contributed by atoms with Gasteiger partial charge < -0.3 is 9.47 Å². The van der Waals surface area contributed by atoms with E-state index >= 15 is 0 Å². The fourth-order valence-electron chi connectivity index (χ4n) is 4.25. The molecule has 1 saturated heterocycles. The standard InChI is InChI=1S/C30H22Cl2INO4S/c1-2-37-26-13-18(12-25(33)28(26)38-17-21-8-5-7-19-6-3-4-9-23(19)21)14-27-29(35)34(30(36)39-27)16-20-10-11-22(31)15-24(20)32/h3-15H,2,16-17H2,1H3/b27-14-. The van der Waals surface area contributed by atoms with Crippen molar-refractivity contribution < 1.29 is 19.1 Å². The second-order valence-corrected chi connectivity index (χ2v) is 11.7. The Morgan fingerprint density at radius 2 is 1.74 bits per heavy atom.